The smallest absolute Gasteiger partial charge is 0.103 e. The molecule has 0 amide bonds. The largest absolute Gasteiger partial charge is 1.00 e. The predicted molar refractivity (Wildman–Crippen MR) is 54.7 cm³/mol. The van der Waals surface area contributed by atoms with Crippen molar-refractivity contribution < 1.29 is 28.9 Å². The molecule has 0 saturated carbocycles. The Morgan fingerprint density at radius 3 is 2.21 bits per heavy atom. The summed E-state index contributed by atoms with van der Waals surface area (Å²) >= 11 is 0. The summed E-state index contributed by atoms with van der Waals surface area (Å²) in [5.41, 5.74) is 1.49. The molecule has 1 heterocycles. The summed E-state index contributed by atoms with van der Waals surface area (Å²) in [5, 5.41) is 0. The van der Waals surface area contributed by atoms with E-state index in [1.807, 2.05) is 0 Å². The minimum atomic E-state index is 0. The minimum Gasteiger partial charge on any atom is -1.00 e. The maximum Gasteiger partial charge on any atom is 0.103 e. The van der Waals surface area contributed by atoms with E-state index in [1.54, 1.807) is 4.90 Å². The average molecular weight is 303 g/mol. The highest BCUT2D eigenvalue weighted by molar-refractivity contribution is 5.13. The summed E-state index contributed by atoms with van der Waals surface area (Å²) < 4.78 is 0. The number of quaternary nitrogens is 1. The molecule has 0 unspecified atom stereocenters. The number of halogens is 1. The van der Waals surface area contributed by atoms with Gasteiger partial charge in [0.1, 0.15) is 6.54 Å². The van der Waals surface area contributed by atoms with Gasteiger partial charge in [-0.25, -0.2) is 0 Å². The van der Waals surface area contributed by atoms with Crippen molar-refractivity contribution in [2.75, 3.05) is 13.1 Å². The number of likely N-dealkylation sites (tertiary alicyclic amines) is 1. The molecule has 1 saturated heterocycles. The fraction of sp³-hybridized carbons (Fsp3) is 0.500. The van der Waals surface area contributed by atoms with Crippen LogP contribution in [0.2, 0.25) is 0 Å². The van der Waals surface area contributed by atoms with Gasteiger partial charge in [0.05, 0.1) is 13.1 Å². The molecule has 1 aliphatic rings. The molecule has 0 bridgehead atoms. The molecule has 0 radical (unpaired) electrons. The van der Waals surface area contributed by atoms with Gasteiger partial charge < -0.3 is 28.9 Å². The molecule has 0 spiro atoms. The molecule has 1 aliphatic heterocycles. The maximum atomic E-state index is 2.24. The molecule has 0 aromatic heterocycles. The summed E-state index contributed by atoms with van der Waals surface area (Å²) in [6.07, 6.45) is 4.28. The quantitative estimate of drug-likeness (QED) is 0.619. The first kappa shape index (κ1) is 12.0. The van der Waals surface area contributed by atoms with Crippen LogP contribution in [0.25, 0.3) is 0 Å². The van der Waals surface area contributed by atoms with Crippen LogP contribution in [0.4, 0.5) is 0 Å². The lowest BCUT2D eigenvalue weighted by Crippen LogP contribution is -3.11. The van der Waals surface area contributed by atoms with Gasteiger partial charge in [-0.3, -0.25) is 0 Å². The molecule has 1 nitrogen and oxygen atoms in total. The number of benzene rings is 1. The van der Waals surface area contributed by atoms with Crippen molar-refractivity contribution in [1.82, 2.24) is 0 Å². The van der Waals surface area contributed by atoms with Crippen LogP contribution in [-0.4, -0.2) is 13.1 Å². The molecule has 14 heavy (non-hydrogen) atoms. The highest BCUT2D eigenvalue weighted by Gasteiger charge is 2.12. The van der Waals surface area contributed by atoms with Crippen LogP contribution in [0, 0.1) is 0 Å². The molecule has 1 aromatic rings. The number of piperidine rings is 1. The number of nitrogens with one attached hydrogen (secondary N) is 1. The lowest BCUT2D eigenvalue weighted by atomic mass is 10.1. The molecule has 2 heteroatoms. The number of hydrogen-bond acceptors (Lipinski definition) is 0. The van der Waals surface area contributed by atoms with Gasteiger partial charge in [0.25, 0.3) is 0 Å². The molecule has 1 aromatic carbocycles. The normalized spacial score (nSPS) is 17.4. The molecular weight excluding hydrogens is 285 g/mol. The van der Waals surface area contributed by atoms with Crippen LogP contribution in [0.5, 0.6) is 0 Å². The van der Waals surface area contributed by atoms with Crippen molar-refractivity contribution in [3.8, 4) is 0 Å². The fourth-order valence-electron chi connectivity index (χ4n) is 2.11. The topological polar surface area (TPSA) is 4.44 Å². The Bertz CT molecular complexity index is 242. The SMILES string of the molecule is [I-].c1ccc(C[NH+]2CCCCC2)cc1. The Balaban J connectivity index is 0.000000980. The van der Waals surface area contributed by atoms with Crippen LogP contribution in [0.3, 0.4) is 0 Å². The second-order valence-electron chi connectivity index (χ2n) is 3.97. The number of hydrogen-bond donors (Lipinski definition) is 1. The fourth-order valence-corrected chi connectivity index (χ4v) is 2.11. The highest BCUT2D eigenvalue weighted by atomic mass is 127. The van der Waals surface area contributed by atoms with E-state index >= 15 is 0 Å². The maximum absolute atomic E-state index is 2.24. The monoisotopic (exact) mass is 303 g/mol. The van der Waals surface area contributed by atoms with Crippen LogP contribution < -0.4 is 28.9 Å². The van der Waals surface area contributed by atoms with Gasteiger partial charge in [0.15, 0.2) is 0 Å². The Hall–Kier alpha value is -0.0900. The molecule has 1 fully saturated rings. The van der Waals surface area contributed by atoms with E-state index in [2.05, 4.69) is 30.3 Å². The van der Waals surface area contributed by atoms with Crippen molar-refractivity contribution in [3.05, 3.63) is 35.9 Å². The van der Waals surface area contributed by atoms with Gasteiger partial charge in [-0.15, -0.1) is 0 Å². The molecule has 78 valence electrons. The minimum absolute atomic E-state index is 0. The zero-order valence-electron chi connectivity index (χ0n) is 8.51. The molecule has 0 atom stereocenters. The van der Waals surface area contributed by atoms with Crippen molar-refractivity contribution in [1.29, 1.82) is 0 Å². The van der Waals surface area contributed by atoms with E-state index in [-0.39, 0.29) is 24.0 Å². The Morgan fingerprint density at radius 2 is 1.57 bits per heavy atom. The van der Waals surface area contributed by atoms with Gasteiger partial charge >= 0.3 is 0 Å². The van der Waals surface area contributed by atoms with Gasteiger partial charge in [0.2, 0.25) is 0 Å². The van der Waals surface area contributed by atoms with Crippen LogP contribution >= 0.6 is 0 Å². The number of rotatable bonds is 2. The van der Waals surface area contributed by atoms with E-state index in [0.717, 1.165) is 0 Å². The summed E-state index contributed by atoms with van der Waals surface area (Å²) in [7, 11) is 0. The van der Waals surface area contributed by atoms with Gasteiger partial charge in [-0.1, -0.05) is 30.3 Å². The Morgan fingerprint density at radius 1 is 0.929 bits per heavy atom. The third kappa shape index (κ3) is 3.58. The average Bonchev–Trinajstić information content (AvgIpc) is 2.21. The van der Waals surface area contributed by atoms with Gasteiger partial charge in [-0.05, 0) is 19.3 Å². The first-order chi connectivity index (χ1) is 6.45. The first-order valence-corrected chi connectivity index (χ1v) is 5.32. The van der Waals surface area contributed by atoms with E-state index in [9.17, 15) is 0 Å². The summed E-state index contributed by atoms with van der Waals surface area (Å²) in [6.45, 7) is 3.96. The summed E-state index contributed by atoms with van der Waals surface area (Å²) in [6, 6.07) is 10.8. The van der Waals surface area contributed by atoms with Crippen LogP contribution in [0.1, 0.15) is 24.8 Å². The van der Waals surface area contributed by atoms with Crippen molar-refractivity contribution in [3.63, 3.8) is 0 Å². The van der Waals surface area contributed by atoms with Crippen LogP contribution in [-0.2, 0) is 6.54 Å². The second kappa shape index (κ2) is 6.40. The highest BCUT2D eigenvalue weighted by Crippen LogP contribution is 1.99. The van der Waals surface area contributed by atoms with E-state index < -0.39 is 0 Å². The van der Waals surface area contributed by atoms with E-state index in [4.69, 9.17) is 0 Å². The zero-order chi connectivity index (χ0) is 8.93. The Labute approximate surface area is 104 Å². The molecule has 1 N–H and O–H groups in total. The van der Waals surface area contributed by atoms with Crippen LogP contribution in [0.15, 0.2) is 30.3 Å². The Kier molecular flexibility index (Phi) is 5.48. The van der Waals surface area contributed by atoms with Crippen molar-refractivity contribution >= 4 is 0 Å². The summed E-state index contributed by atoms with van der Waals surface area (Å²) in [4.78, 5) is 1.76. The molecule has 0 aliphatic carbocycles. The third-order valence-corrected chi connectivity index (χ3v) is 2.86. The standard InChI is InChI=1S/C12H17N.HI/c1-3-7-12(8-4-1)11-13-9-5-2-6-10-13;/h1,3-4,7-8H,2,5-6,9-11H2;1H. The molecular formula is C12H18IN. The van der Waals surface area contributed by atoms with Crippen molar-refractivity contribution in [2.24, 2.45) is 0 Å². The first-order valence-electron chi connectivity index (χ1n) is 5.32. The van der Waals surface area contributed by atoms with E-state index in [0.29, 0.717) is 0 Å². The lowest BCUT2D eigenvalue weighted by Gasteiger charge is -2.23. The lowest BCUT2D eigenvalue weighted by molar-refractivity contribution is -0.918. The predicted octanol–water partition coefficient (Wildman–Crippen LogP) is -1.74. The molecule has 2 rings (SSSR count). The van der Waals surface area contributed by atoms with Gasteiger partial charge in [0, 0.05) is 5.56 Å². The second-order valence-corrected chi connectivity index (χ2v) is 3.97. The van der Waals surface area contributed by atoms with Gasteiger partial charge in [-0.2, -0.15) is 0 Å². The summed E-state index contributed by atoms with van der Waals surface area (Å²) in [5.74, 6) is 0. The van der Waals surface area contributed by atoms with E-state index in [1.165, 1.54) is 44.5 Å². The third-order valence-electron chi connectivity index (χ3n) is 2.86. The zero-order valence-corrected chi connectivity index (χ0v) is 10.7. The van der Waals surface area contributed by atoms with Crippen molar-refractivity contribution in [2.45, 2.75) is 25.8 Å².